The molecule has 0 bridgehead atoms. The molecule has 0 saturated heterocycles. The van der Waals surface area contributed by atoms with E-state index in [-0.39, 0.29) is 20.8 Å². The van der Waals surface area contributed by atoms with Crippen molar-refractivity contribution in [2.24, 2.45) is 5.10 Å². The third-order valence-corrected chi connectivity index (χ3v) is 5.48. The first kappa shape index (κ1) is 18.1. The van der Waals surface area contributed by atoms with E-state index in [1.54, 1.807) is 12.4 Å². The number of anilines is 1. The Kier molecular flexibility index (Phi) is 5.29. The summed E-state index contributed by atoms with van der Waals surface area (Å²) in [5, 5.41) is 12.6. The van der Waals surface area contributed by atoms with E-state index in [2.05, 4.69) is 31.1 Å². The van der Waals surface area contributed by atoms with E-state index in [1.165, 1.54) is 11.3 Å². The number of pyridine rings is 2. The Morgan fingerprint density at radius 3 is 2.43 bits per heavy atom. The second-order valence-electron chi connectivity index (χ2n) is 6.33. The highest BCUT2D eigenvalue weighted by Crippen LogP contribution is 2.28. The number of amides is 1. The Bertz CT molecular complexity index is 983. The molecule has 3 aromatic heterocycles. The smallest absolute Gasteiger partial charge is 0.273 e. The Balaban J connectivity index is 0.00000160. The molecule has 3 aromatic rings. The SMILES string of the molecule is CNc1ccsc1/C1=N\N[C@H](c2ccccn2)C[C@@H](c2ccccn2)NC1=O.[HH].[HH]. The monoisotopic (exact) mass is 396 g/mol. The number of nitrogens with one attached hydrogen (secondary N) is 3. The van der Waals surface area contributed by atoms with Crippen LogP contribution in [0, 0.1) is 0 Å². The van der Waals surface area contributed by atoms with Gasteiger partial charge in [0.25, 0.3) is 5.91 Å². The van der Waals surface area contributed by atoms with Gasteiger partial charge in [-0.25, -0.2) is 0 Å². The molecule has 1 amide bonds. The van der Waals surface area contributed by atoms with Crippen LogP contribution in [0.25, 0.3) is 0 Å². The van der Waals surface area contributed by atoms with Crippen molar-refractivity contribution in [1.82, 2.24) is 20.7 Å². The van der Waals surface area contributed by atoms with Crippen molar-refractivity contribution in [3.05, 3.63) is 76.5 Å². The van der Waals surface area contributed by atoms with E-state index in [0.29, 0.717) is 12.1 Å². The van der Waals surface area contributed by atoms with Crippen LogP contribution in [0.2, 0.25) is 0 Å². The maximum Gasteiger partial charge on any atom is 0.273 e. The average molecular weight is 397 g/mol. The topological polar surface area (TPSA) is 91.3 Å². The molecule has 146 valence electrons. The number of hydrogen-bond donors (Lipinski definition) is 3. The molecule has 1 aliphatic heterocycles. The van der Waals surface area contributed by atoms with E-state index in [9.17, 15) is 4.79 Å². The minimum Gasteiger partial charge on any atom is -0.387 e. The Hall–Kier alpha value is -3.26. The zero-order valence-electron chi connectivity index (χ0n) is 15.3. The van der Waals surface area contributed by atoms with Crippen LogP contribution in [0.4, 0.5) is 5.69 Å². The molecule has 0 spiro atoms. The van der Waals surface area contributed by atoms with Crippen LogP contribution >= 0.6 is 11.3 Å². The molecule has 0 aliphatic carbocycles. The zero-order chi connectivity index (χ0) is 19.3. The van der Waals surface area contributed by atoms with E-state index in [1.807, 2.05) is 54.9 Å². The molecule has 0 saturated carbocycles. The Morgan fingerprint density at radius 2 is 1.79 bits per heavy atom. The van der Waals surface area contributed by atoms with Crippen LogP contribution in [-0.2, 0) is 4.79 Å². The molecule has 0 aromatic carbocycles. The number of rotatable bonds is 4. The molecule has 0 radical (unpaired) electrons. The first-order valence-corrected chi connectivity index (χ1v) is 9.85. The maximum absolute atomic E-state index is 13.0. The molecule has 28 heavy (non-hydrogen) atoms. The van der Waals surface area contributed by atoms with Gasteiger partial charge < -0.3 is 16.1 Å². The van der Waals surface area contributed by atoms with E-state index >= 15 is 0 Å². The lowest BCUT2D eigenvalue weighted by Gasteiger charge is -2.27. The van der Waals surface area contributed by atoms with Gasteiger partial charge in [0.1, 0.15) is 0 Å². The summed E-state index contributed by atoms with van der Waals surface area (Å²) >= 11 is 1.47. The number of carbonyl (C=O) groups is 1. The van der Waals surface area contributed by atoms with Crippen molar-refractivity contribution < 1.29 is 7.65 Å². The second-order valence-corrected chi connectivity index (χ2v) is 7.24. The average Bonchev–Trinajstić information content (AvgIpc) is 3.20. The van der Waals surface area contributed by atoms with Crippen molar-refractivity contribution in [1.29, 1.82) is 0 Å². The number of hydrogen-bond acceptors (Lipinski definition) is 7. The molecule has 0 unspecified atom stereocenters. The third-order valence-electron chi connectivity index (χ3n) is 4.56. The van der Waals surface area contributed by atoms with E-state index < -0.39 is 0 Å². The minimum atomic E-state index is -0.267. The molecule has 4 heterocycles. The first-order chi connectivity index (χ1) is 13.8. The van der Waals surface area contributed by atoms with Gasteiger partial charge in [0, 0.05) is 28.7 Å². The standard InChI is InChI=1S/C20H20N6OS.2H2/c1-21-15-8-11-28-19(15)18-20(27)24-16(13-6-2-4-9-22-13)12-17(25-26-18)14-7-3-5-10-23-14;;/h2-11,16-17,21,25H,12H2,1H3,(H,24,27);2*1H/b26-18+;;/t16-,17-;;/m0../s1. The van der Waals surface area contributed by atoms with Crippen LogP contribution in [-0.4, -0.2) is 28.6 Å². The van der Waals surface area contributed by atoms with Crippen molar-refractivity contribution in [3.8, 4) is 0 Å². The van der Waals surface area contributed by atoms with E-state index in [4.69, 9.17) is 0 Å². The molecular formula is C20H24N6OS. The third kappa shape index (κ3) is 3.72. The van der Waals surface area contributed by atoms with E-state index in [0.717, 1.165) is 22.0 Å². The number of nitrogens with zero attached hydrogens (tertiary/aromatic N) is 3. The molecular weight excluding hydrogens is 372 g/mol. The molecule has 1 aliphatic rings. The van der Waals surface area contributed by atoms with Gasteiger partial charge in [-0.2, -0.15) is 5.10 Å². The summed E-state index contributed by atoms with van der Waals surface area (Å²) < 4.78 is 0. The summed E-state index contributed by atoms with van der Waals surface area (Å²) in [5.41, 5.74) is 6.06. The van der Waals surface area contributed by atoms with Crippen LogP contribution in [0.1, 0.15) is 37.6 Å². The molecule has 0 fully saturated rings. The molecule has 7 nitrogen and oxygen atoms in total. The Labute approximate surface area is 169 Å². The molecule has 8 heteroatoms. The quantitative estimate of drug-likeness (QED) is 0.629. The summed E-state index contributed by atoms with van der Waals surface area (Å²) in [5.74, 6) is -0.235. The van der Waals surface area contributed by atoms with Crippen molar-refractivity contribution >= 4 is 28.6 Å². The second kappa shape index (κ2) is 8.18. The predicted molar refractivity (Wildman–Crippen MR) is 114 cm³/mol. The van der Waals surface area contributed by atoms with Crippen LogP contribution in [0.5, 0.6) is 0 Å². The van der Waals surface area contributed by atoms with Crippen LogP contribution < -0.4 is 16.1 Å². The fourth-order valence-corrected chi connectivity index (χ4v) is 4.04. The van der Waals surface area contributed by atoms with Gasteiger partial charge >= 0.3 is 0 Å². The van der Waals surface area contributed by atoms with Crippen LogP contribution in [0.3, 0.4) is 0 Å². The van der Waals surface area contributed by atoms with Gasteiger partial charge in [0.05, 0.1) is 34.0 Å². The highest BCUT2D eigenvalue weighted by atomic mass is 32.1. The number of aromatic nitrogens is 2. The van der Waals surface area contributed by atoms with Crippen molar-refractivity contribution in [2.45, 2.75) is 18.5 Å². The summed E-state index contributed by atoms with van der Waals surface area (Å²) in [7, 11) is 1.83. The highest BCUT2D eigenvalue weighted by Gasteiger charge is 2.29. The number of thiophene rings is 1. The molecule has 4 rings (SSSR count). The first-order valence-electron chi connectivity index (χ1n) is 8.98. The molecule has 2 atom stereocenters. The van der Waals surface area contributed by atoms with Gasteiger partial charge in [-0.3, -0.25) is 14.8 Å². The summed E-state index contributed by atoms with van der Waals surface area (Å²) in [6.07, 6.45) is 4.07. The lowest BCUT2D eigenvalue weighted by atomic mass is 10.00. The highest BCUT2D eigenvalue weighted by molar-refractivity contribution is 7.13. The van der Waals surface area contributed by atoms with Gasteiger partial charge in [0.2, 0.25) is 0 Å². The van der Waals surface area contributed by atoms with Crippen LogP contribution in [0.15, 0.2) is 65.3 Å². The molecule has 3 N–H and O–H groups in total. The van der Waals surface area contributed by atoms with Gasteiger partial charge in [0.15, 0.2) is 5.71 Å². The van der Waals surface area contributed by atoms with Gasteiger partial charge in [-0.1, -0.05) is 12.1 Å². The van der Waals surface area contributed by atoms with Gasteiger partial charge in [-0.15, -0.1) is 11.3 Å². The van der Waals surface area contributed by atoms with Crippen molar-refractivity contribution in [3.63, 3.8) is 0 Å². The number of hydrazone groups is 1. The predicted octanol–water partition coefficient (Wildman–Crippen LogP) is 3.37. The summed E-state index contributed by atoms with van der Waals surface area (Å²) in [6, 6.07) is 13.0. The summed E-state index contributed by atoms with van der Waals surface area (Å²) in [4.78, 5) is 22.7. The van der Waals surface area contributed by atoms with Gasteiger partial charge in [-0.05, 0) is 35.7 Å². The fraction of sp³-hybridized carbons (Fsp3) is 0.200. The number of carbonyl (C=O) groups excluding carboxylic acids is 1. The fourth-order valence-electron chi connectivity index (χ4n) is 3.16. The lowest BCUT2D eigenvalue weighted by Crippen LogP contribution is -2.40. The summed E-state index contributed by atoms with van der Waals surface area (Å²) in [6.45, 7) is 0. The zero-order valence-corrected chi connectivity index (χ0v) is 16.1. The van der Waals surface area contributed by atoms with Crippen molar-refractivity contribution in [2.75, 3.05) is 12.4 Å². The maximum atomic E-state index is 13.0. The lowest BCUT2D eigenvalue weighted by molar-refractivity contribution is -0.115. The largest absolute Gasteiger partial charge is 0.387 e. The Morgan fingerprint density at radius 1 is 1.07 bits per heavy atom. The normalized spacial score (nSPS) is 21.5. The minimum absolute atomic E-state index is 0.